The van der Waals surface area contributed by atoms with Crippen molar-refractivity contribution in [2.75, 3.05) is 4.90 Å². The molecule has 0 radical (unpaired) electrons. The fourth-order valence-corrected chi connectivity index (χ4v) is 11.0. The van der Waals surface area contributed by atoms with E-state index in [1.165, 1.54) is 99.1 Å². The van der Waals surface area contributed by atoms with Gasteiger partial charge < -0.3 is 9.32 Å². The Labute approximate surface area is 412 Å². The average molecular weight is 904 g/mol. The molecule has 0 bridgehead atoms. The molecule has 0 saturated heterocycles. The third-order valence-electron chi connectivity index (χ3n) is 14.7. The third-order valence-corrected chi connectivity index (χ3v) is 14.7. The Hall–Kier alpha value is -9.24. The summed E-state index contributed by atoms with van der Waals surface area (Å²) in [5.41, 5.74) is 19.9. The van der Waals surface area contributed by atoms with E-state index in [0.717, 1.165) is 45.4 Å². The van der Waals surface area contributed by atoms with E-state index >= 15 is 0 Å². The smallest absolute Gasteiger partial charge is 0.135 e. The van der Waals surface area contributed by atoms with Gasteiger partial charge in [0.2, 0.25) is 0 Å². The summed E-state index contributed by atoms with van der Waals surface area (Å²) in [5, 5.41) is 10.0. The maximum absolute atomic E-state index is 6.10. The molecule has 12 aromatic carbocycles. The van der Waals surface area contributed by atoms with Crippen molar-refractivity contribution in [2.45, 2.75) is 6.42 Å². The second-order valence-corrected chi connectivity index (χ2v) is 18.8. The molecule has 0 amide bonds. The van der Waals surface area contributed by atoms with E-state index in [2.05, 4.69) is 254 Å². The van der Waals surface area contributed by atoms with Crippen molar-refractivity contribution in [3.8, 4) is 44.5 Å². The maximum atomic E-state index is 6.10. The summed E-state index contributed by atoms with van der Waals surface area (Å²) in [5.74, 6) is 0. The Bertz CT molecular complexity index is 4160. The molecule has 2 heteroatoms. The highest BCUT2D eigenvalue weighted by Gasteiger charge is 2.18. The Morgan fingerprint density at radius 3 is 1.17 bits per heavy atom. The third kappa shape index (κ3) is 7.19. The lowest BCUT2D eigenvalue weighted by Gasteiger charge is -2.26. The van der Waals surface area contributed by atoms with Crippen molar-refractivity contribution >= 4 is 83.0 Å². The van der Waals surface area contributed by atoms with Gasteiger partial charge in [0.05, 0.1) is 0 Å². The van der Waals surface area contributed by atoms with E-state index < -0.39 is 0 Å². The number of hydrogen-bond donors (Lipinski definition) is 0. The molecule has 1 heterocycles. The van der Waals surface area contributed by atoms with Crippen molar-refractivity contribution in [3.63, 3.8) is 0 Å². The molecule has 1 aromatic heterocycles. The first-order valence-electron chi connectivity index (χ1n) is 24.5. The van der Waals surface area contributed by atoms with Gasteiger partial charge in [0.1, 0.15) is 11.2 Å². The summed E-state index contributed by atoms with van der Waals surface area (Å²) in [7, 11) is 0. The van der Waals surface area contributed by atoms with Gasteiger partial charge in [0.25, 0.3) is 0 Å². The van der Waals surface area contributed by atoms with Crippen LogP contribution in [0.25, 0.3) is 110 Å². The van der Waals surface area contributed by atoms with Crippen LogP contribution in [0.3, 0.4) is 0 Å². The van der Waals surface area contributed by atoms with Gasteiger partial charge in [-0.25, -0.2) is 0 Å². The minimum Gasteiger partial charge on any atom is -0.456 e. The number of rotatable bonds is 8. The standard InChI is InChI=1S/C69H45NO/c1-2-10-53-42-56(41-52(53)9-1)51-29-37-59(38-30-51)70(58-35-27-48(28-36-58)46-19-23-50(24-20-46)55-32-40-69-67(44-55)65-15-7-8-16-68(65)71-69)57-33-25-47(26-34-57)45-17-21-49(22-18-45)54-31-39-64-62-13-4-3-11-60(62)61-12-5-6-14-63(61)66(64)43-54/h1-41,43-44H,42H2. The van der Waals surface area contributed by atoms with E-state index in [1.54, 1.807) is 0 Å². The molecule has 71 heavy (non-hydrogen) atoms. The molecular formula is C69H45NO. The minimum absolute atomic E-state index is 0.913. The molecule has 0 spiro atoms. The van der Waals surface area contributed by atoms with Crippen molar-refractivity contribution < 1.29 is 4.42 Å². The van der Waals surface area contributed by atoms with Crippen molar-refractivity contribution in [2.24, 2.45) is 0 Å². The quantitative estimate of drug-likeness (QED) is 0.141. The minimum atomic E-state index is 0.913. The fraction of sp³-hybridized carbons (Fsp3) is 0.0145. The van der Waals surface area contributed by atoms with E-state index in [4.69, 9.17) is 4.42 Å². The molecule has 0 fully saturated rings. The van der Waals surface area contributed by atoms with Crippen LogP contribution in [0, 0.1) is 0 Å². The van der Waals surface area contributed by atoms with Crippen molar-refractivity contribution in [1.29, 1.82) is 0 Å². The van der Waals surface area contributed by atoms with Crippen LogP contribution in [0.5, 0.6) is 0 Å². The van der Waals surface area contributed by atoms with E-state index in [-0.39, 0.29) is 0 Å². The molecule has 0 aliphatic heterocycles. The first kappa shape index (κ1) is 40.8. The van der Waals surface area contributed by atoms with E-state index in [0.29, 0.717) is 0 Å². The van der Waals surface area contributed by atoms with Gasteiger partial charge in [-0.15, -0.1) is 0 Å². The lowest BCUT2D eigenvalue weighted by Crippen LogP contribution is -2.10. The van der Waals surface area contributed by atoms with E-state index in [9.17, 15) is 0 Å². The van der Waals surface area contributed by atoms with Crippen LogP contribution in [0.2, 0.25) is 0 Å². The monoisotopic (exact) mass is 903 g/mol. The molecule has 332 valence electrons. The highest BCUT2D eigenvalue weighted by atomic mass is 16.3. The zero-order valence-corrected chi connectivity index (χ0v) is 38.9. The molecule has 1 aliphatic rings. The highest BCUT2D eigenvalue weighted by molar-refractivity contribution is 6.25. The predicted octanol–water partition coefficient (Wildman–Crippen LogP) is 19.3. The molecule has 0 N–H and O–H groups in total. The number of nitrogens with zero attached hydrogens (tertiary/aromatic N) is 1. The number of anilines is 3. The molecule has 14 rings (SSSR count). The van der Waals surface area contributed by atoms with Crippen molar-refractivity contribution in [3.05, 3.63) is 271 Å². The number of fused-ring (bicyclic) bond motifs is 10. The second-order valence-electron chi connectivity index (χ2n) is 18.8. The van der Waals surface area contributed by atoms with Gasteiger partial charge in [0, 0.05) is 27.8 Å². The Kier molecular flexibility index (Phi) is 9.63. The van der Waals surface area contributed by atoms with E-state index in [1.807, 2.05) is 12.1 Å². The molecular weight excluding hydrogens is 859 g/mol. The Morgan fingerprint density at radius 2 is 0.634 bits per heavy atom. The normalized spacial score (nSPS) is 12.3. The van der Waals surface area contributed by atoms with Gasteiger partial charge in [-0.3, -0.25) is 0 Å². The summed E-state index contributed by atoms with van der Waals surface area (Å²) < 4.78 is 6.10. The van der Waals surface area contributed by atoms with Gasteiger partial charge in [0.15, 0.2) is 0 Å². The molecule has 0 saturated carbocycles. The van der Waals surface area contributed by atoms with Gasteiger partial charge in [-0.2, -0.15) is 0 Å². The van der Waals surface area contributed by atoms with Crippen molar-refractivity contribution in [1.82, 2.24) is 0 Å². The summed E-state index contributed by atoms with van der Waals surface area (Å²) in [6.45, 7) is 0. The first-order chi connectivity index (χ1) is 35.1. The lowest BCUT2D eigenvalue weighted by atomic mass is 9.92. The SMILES string of the molecule is C1=C(c2ccc(N(c3ccc(-c4ccc(-c5ccc6oc7ccccc7c6c5)cc4)cc3)c3ccc(-c4ccc(-c5ccc6c7ccccc7c7ccccc7c6c5)cc4)cc3)cc2)Cc2ccccc21. The number of benzene rings is 12. The van der Waals surface area contributed by atoms with Gasteiger partial charge >= 0.3 is 0 Å². The van der Waals surface area contributed by atoms with Crippen LogP contribution in [0.4, 0.5) is 17.1 Å². The number of para-hydroxylation sites is 1. The Balaban J connectivity index is 0.762. The summed E-state index contributed by atoms with van der Waals surface area (Å²) >= 11 is 0. The van der Waals surface area contributed by atoms with Crippen LogP contribution in [0.15, 0.2) is 259 Å². The second kappa shape index (κ2) is 16.8. The topological polar surface area (TPSA) is 16.4 Å². The molecule has 1 aliphatic carbocycles. The number of furan rings is 1. The molecule has 2 nitrogen and oxygen atoms in total. The maximum Gasteiger partial charge on any atom is 0.135 e. The molecule has 0 atom stereocenters. The van der Waals surface area contributed by atoms with Gasteiger partial charge in [-0.1, -0.05) is 200 Å². The molecule has 13 aromatic rings. The zero-order valence-electron chi connectivity index (χ0n) is 38.9. The number of hydrogen-bond acceptors (Lipinski definition) is 2. The zero-order chi connectivity index (χ0) is 46.8. The summed E-state index contributed by atoms with van der Waals surface area (Å²) in [6, 6.07) is 92.9. The van der Waals surface area contributed by atoms with Crippen LogP contribution < -0.4 is 4.90 Å². The highest BCUT2D eigenvalue weighted by Crippen LogP contribution is 2.41. The average Bonchev–Trinajstić information content (AvgIpc) is 4.06. The van der Waals surface area contributed by atoms with Crippen LogP contribution in [-0.4, -0.2) is 0 Å². The van der Waals surface area contributed by atoms with Crippen LogP contribution >= 0.6 is 0 Å². The largest absolute Gasteiger partial charge is 0.456 e. The van der Waals surface area contributed by atoms with Crippen LogP contribution in [-0.2, 0) is 6.42 Å². The first-order valence-corrected chi connectivity index (χ1v) is 24.5. The number of allylic oxidation sites excluding steroid dienone is 1. The summed E-state index contributed by atoms with van der Waals surface area (Å²) in [4.78, 5) is 2.36. The predicted molar refractivity (Wildman–Crippen MR) is 301 cm³/mol. The Morgan fingerprint density at radius 1 is 0.268 bits per heavy atom. The summed E-state index contributed by atoms with van der Waals surface area (Å²) in [6.07, 6.45) is 3.29. The fourth-order valence-electron chi connectivity index (χ4n) is 11.0. The van der Waals surface area contributed by atoms with Gasteiger partial charge in [-0.05, 0) is 166 Å². The van der Waals surface area contributed by atoms with Crippen LogP contribution in [0.1, 0.15) is 16.7 Å². The molecule has 0 unspecified atom stereocenters. The lowest BCUT2D eigenvalue weighted by molar-refractivity contribution is 0.669.